The van der Waals surface area contributed by atoms with E-state index >= 15 is 0 Å². The van der Waals surface area contributed by atoms with Gasteiger partial charge < -0.3 is 10.6 Å². The van der Waals surface area contributed by atoms with Gasteiger partial charge in [0.2, 0.25) is 0 Å². The molecule has 23 heavy (non-hydrogen) atoms. The zero-order valence-corrected chi connectivity index (χ0v) is 14.4. The topological polar surface area (TPSA) is 44.4 Å². The molecule has 1 aliphatic heterocycles. The summed E-state index contributed by atoms with van der Waals surface area (Å²) < 4.78 is 0. The third kappa shape index (κ3) is 4.96. The zero-order chi connectivity index (χ0) is 16.1. The standard InChI is InChI=1S/C17H20ClN3OS/c18-15-3-1-13(2-4-15)9-19-17(22)20-16-5-7-21(11-16)10-14-6-8-23-12-14/h1-4,6,8,12,16H,5,7,9-11H2,(H2,19,20,22)/t16-/m1/s1. The number of nitrogens with one attached hydrogen (secondary N) is 2. The summed E-state index contributed by atoms with van der Waals surface area (Å²) in [4.78, 5) is 14.4. The van der Waals surface area contributed by atoms with E-state index in [4.69, 9.17) is 11.6 Å². The maximum atomic E-state index is 12.0. The Morgan fingerprint density at radius 3 is 2.83 bits per heavy atom. The molecule has 6 heteroatoms. The molecule has 2 heterocycles. The quantitative estimate of drug-likeness (QED) is 0.868. The van der Waals surface area contributed by atoms with Gasteiger partial charge in [0.1, 0.15) is 0 Å². The lowest BCUT2D eigenvalue weighted by Crippen LogP contribution is -2.43. The average molecular weight is 350 g/mol. The van der Waals surface area contributed by atoms with Gasteiger partial charge in [-0.05, 0) is 46.5 Å². The van der Waals surface area contributed by atoms with Gasteiger partial charge >= 0.3 is 6.03 Å². The summed E-state index contributed by atoms with van der Waals surface area (Å²) in [6.45, 7) is 3.41. The number of benzene rings is 1. The molecule has 0 aliphatic carbocycles. The summed E-state index contributed by atoms with van der Waals surface area (Å²) >= 11 is 7.57. The molecule has 4 nitrogen and oxygen atoms in total. The van der Waals surface area contributed by atoms with Crippen molar-refractivity contribution >= 4 is 29.0 Å². The fraction of sp³-hybridized carbons (Fsp3) is 0.353. The fourth-order valence-electron chi connectivity index (χ4n) is 2.76. The van der Waals surface area contributed by atoms with Crippen LogP contribution >= 0.6 is 22.9 Å². The minimum atomic E-state index is -0.109. The van der Waals surface area contributed by atoms with Gasteiger partial charge in [0, 0.05) is 37.2 Å². The van der Waals surface area contributed by atoms with Crippen LogP contribution in [0.15, 0.2) is 41.1 Å². The molecule has 1 fully saturated rings. The van der Waals surface area contributed by atoms with Gasteiger partial charge in [-0.1, -0.05) is 23.7 Å². The molecule has 1 saturated heterocycles. The maximum absolute atomic E-state index is 12.0. The first-order valence-corrected chi connectivity index (χ1v) is 9.03. The van der Waals surface area contributed by atoms with Gasteiger partial charge in [-0.3, -0.25) is 4.90 Å². The zero-order valence-electron chi connectivity index (χ0n) is 12.8. The lowest BCUT2D eigenvalue weighted by molar-refractivity contribution is 0.235. The van der Waals surface area contributed by atoms with E-state index in [-0.39, 0.29) is 12.1 Å². The normalized spacial score (nSPS) is 18.0. The van der Waals surface area contributed by atoms with E-state index in [1.807, 2.05) is 24.3 Å². The molecule has 2 amide bonds. The molecule has 0 unspecified atom stereocenters. The number of hydrogen-bond acceptors (Lipinski definition) is 3. The molecular formula is C17H20ClN3OS. The number of urea groups is 1. The summed E-state index contributed by atoms with van der Waals surface area (Å²) in [7, 11) is 0. The Kier molecular flexibility index (Phi) is 5.54. The van der Waals surface area contributed by atoms with Crippen LogP contribution in [-0.2, 0) is 13.1 Å². The van der Waals surface area contributed by atoms with Gasteiger partial charge in [-0.2, -0.15) is 11.3 Å². The number of amides is 2. The largest absolute Gasteiger partial charge is 0.334 e. The first kappa shape index (κ1) is 16.3. The number of likely N-dealkylation sites (tertiary alicyclic amines) is 1. The van der Waals surface area contributed by atoms with E-state index in [1.54, 1.807) is 11.3 Å². The first-order valence-electron chi connectivity index (χ1n) is 7.71. The summed E-state index contributed by atoms with van der Waals surface area (Å²) in [5, 5.41) is 10.9. The monoisotopic (exact) mass is 349 g/mol. The van der Waals surface area contributed by atoms with E-state index in [1.165, 1.54) is 5.56 Å². The van der Waals surface area contributed by atoms with Crippen molar-refractivity contribution in [3.8, 4) is 0 Å². The van der Waals surface area contributed by atoms with Crippen LogP contribution in [0.1, 0.15) is 17.5 Å². The van der Waals surface area contributed by atoms with Crippen molar-refractivity contribution in [1.82, 2.24) is 15.5 Å². The molecule has 0 saturated carbocycles. The van der Waals surface area contributed by atoms with Crippen molar-refractivity contribution in [3.63, 3.8) is 0 Å². The maximum Gasteiger partial charge on any atom is 0.315 e. The molecule has 2 N–H and O–H groups in total. The van der Waals surface area contributed by atoms with Crippen LogP contribution in [0.5, 0.6) is 0 Å². The highest BCUT2D eigenvalue weighted by molar-refractivity contribution is 7.07. The second kappa shape index (κ2) is 7.81. The van der Waals surface area contributed by atoms with Crippen LogP contribution in [0.3, 0.4) is 0 Å². The van der Waals surface area contributed by atoms with Gasteiger partial charge in [-0.15, -0.1) is 0 Å². The molecule has 1 aliphatic rings. The van der Waals surface area contributed by atoms with Gasteiger partial charge in [0.15, 0.2) is 0 Å². The van der Waals surface area contributed by atoms with Crippen LogP contribution in [-0.4, -0.2) is 30.1 Å². The minimum absolute atomic E-state index is 0.109. The van der Waals surface area contributed by atoms with Gasteiger partial charge in [0.05, 0.1) is 0 Å². The molecule has 2 aromatic rings. The predicted molar refractivity (Wildman–Crippen MR) is 94.8 cm³/mol. The van der Waals surface area contributed by atoms with Crippen LogP contribution in [0.4, 0.5) is 4.79 Å². The lowest BCUT2D eigenvalue weighted by atomic mass is 10.2. The predicted octanol–water partition coefficient (Wildman–Crippen LogP) is 3.48. The molecular weight excluding hydrogens is 330 g/mol. The van der Waals surface area contributed by atoms with E-state index in [9.17, 15) is 4.79 Å². The highest BCUT2D eigenvalue weighted by Gasteiger charge is 2.23. The minimum Gasteiger partial charge on any atom is -0.334 e. The summed E-state index contributed by atoms with van der Waals surface area (Å²) in [6, 6.07) is 9.76. The Bertz CT molecular complexity index is 630. The number of thiophene rings is 1. The number of halogens is 1. The van der Waals surface area contributed by atoms with Crippen LogP contribution < -0.4 is 10.6 Å². The summed E-state index contributed by atoms with van der Waals surface area (Å²) in [5.41, 5.74) is 2.39. The molecule has 0 spiro atoms. The Balaban J connectivity index is 1.39. The first-order chi connectivity index (χ1) is 11.2. The number of hydrogen-bond donors (Lipinski definition) is 2. The Morgan fingerprint density at radius 1 is 1.26 bits per heavy atom. The molecule has 0 bridgehead atoms. The Hall–Kier alpha value is -1.56. The van der Waals surface area contributed by atoms with Gasteiger partial charge in [-0.25, -0.2) is 4.79 Å². The SMILES string of the molecule is O=C(NCc1ccc(Cl)cc1)N[C@@H]1CCN(Cc2ccsc2)C1. The molecule has 0 radical (unpaired) electrons. The van der Waals surface area contributed by atoms with Crippen molar-refractivity contribution in [3.05, 3.63) is 57.2 Å². The smallest absolute Gasteiger partial charge is 0.315 e. The van der Waals surface area contributed by atoms with E-state index in [2.05, 4.69) is 32.4 Å². The van der Waals surface area contributed by atoms with E-state index < -0.39 is 0 Å². The molecule has 122 valence electrons. The summed E-state index contributed by atoms with van der Waals surface area (Å²) in [6.07, 6.45) is 0.999. The Morgan fingerprint density at radius 2 is 2.09 bits per heavy atom. The second-order valence-corrected chi connectivity index (χ2v) is 7.02. The third-order valence-electron chi connectivity index (χ3n) is 3.96. The number of carbonyl (C=O) groups excluding carboxylic acids is 1. The summed E-state index contributed by atoms with van der Waals surface area (Å²) in [5.74, 6) is 0. The Labute approximate surface area is 145 Å². The third-order valence-corrected chi connectivity index (χ3v) is 4.94. The number of nitrogens with zero attached hydrogens (tertiary/aromatic N) is 1. The number of carbonyl (C=O) groups is 1. The molecule has 3 rings (SSSR count). The highest BCUT2D eigenvalue weighted by atomic mass is 35.5. The fourth-order valence-corrected chi connectivity index (χ4v) is 3.54. The van der Waals surface area contributed by atoms with Crippen LogP contribution in [0.2, 0.25) is 5.02 Å². The molecule has 1 atom stereocenters. The molecule has 1 aromatic heterocycles. The lowest BCUT2D eigenvalue weighted by Gasteiger charge is -2.16. The van der Waals surface area contributed by atoms with Crippen LogP contribution in [0.25, 0.3) is 0 Å². The second-order valence-electron chi connectivity index (χ2n) is 5.81. The van der Waals surface area contributed by atoms with Crippen molar-refractivity contribution in [2.45, 2.75) is 25.6 Å². The average Bonchev–Trinajstić information content (AvgIpc) is 3.19. The van der Waals surface area contributed by atoms with Gasteiger partial charge in [0.25, 0.3) is 0 Å². The van der Waals surface area contributed by atoms with E-state index in [0.717, 1.165) is 31.6 Å². The van der Waals surface area contributed by atoms with Crippen LogP contribution in [0, 0.1) is 0 Å². The van der Waals surface area contributed by atoms with Crippen molar-refractivity contribution in [1.29, 1.82) is 0 Å². The van der Waals surface area contributed by atoms with Crippen molar-refractivity contribution in [2.75, 3.05) is 13.1 Å². The van der Waals surface area contributed by atoms with Crippen molar-refractivity contribution in [2.24, 2.45) is 0 Å². The highest BCUT2D eigenvalue weighted by Crippen LogP contribution is 2.15. The molecule has 1 aromatic carbocycles. The van der Waals surface area contributed by atoms with E-state index in [0.29, 0.717) is 11.6 Å². The number of rotatable bonds is 5. The van der Waals surface area contributed by atoms with Crippen molar-refractivity contribution < 1.29 is 4.79 Å².